The van der Waals surface area contributed by atoms with Crippen molar-refractivity contribution in [2.45, 2.75) is 6.10 Å². The molecular formula is C18H22N4O4. The average molecular weight is 358 g/mol. The molecule has 1 aromatic heterocycles. The monoisotopic (exact) mass is 358 g/mol. The molecular weight excluding hydrogens is 336 g/mol. The van der Waals surface area contributed by atoms with Crippen molar-refractivity contribution in [3.8, 4) is 17.2 Å². The third kappa shape index (κ3) is 4.62. The van der Waals surface area contributed by atoms with E-state index in [1.54, 1.807) is 13.2 Å². The molecule has 0 aliphatic carbocycles. The number of para-hydroxylation sites is 2. The van der Waals surface area contributed by atoms with Crippen molar-refractivity contribution in [3.63, 3.8) is 0 Å². The number of H-pyrrole nitrogens is 1. The van der Waals surface area contributed by atoms with Gasteiger partial charge in [-0.1, -0.05) is 23.4 Å². The summed E-state index contributed by atoms with van der Waals surface area (Å²) in [6.45, 7) is 1.61. The summed E-state index contributed by atoms with van der Waals surface area (Å²) in [6.07, 6.45) is -0.650. The third-order valence-electron chi connectivity index (χ3n) is 3.74. The third-order valence-corrected chi connectivity index (χ3v) is 3.74. The van der Waals surface area contributed by atoms with Gasteiger partial charge in [-0.15, -0.1) is 5.10 Å². The molecule has 8 heteroatoms. The predicted octanol–water partition coefficient (Wildman–Crippen LogP) is 1.37. The van der Waals surface area contributed by atoms with Crippen LogP contribution in [-0.2, 0) is 0 Å². The van der Waals surface area contributed by atoms with Crippen LogP contribution in [0.15, 0.2) is 42.5 Å². The molecule has 0 aliphatic heterocycles. The van der Waals surface area contributed by atoms with Crippen molar-refractivity contribution in [2.75, 3.05) is 33.4 Å². The van der Waals surface area contributed by atoms with E-state index in [2.05, 4.69) is 20.7 Å². The topological polar surface area (TPSA) is 102 Å². The number of hydrogen-bond donors (Lipinski definition) is 3. The van der Waals surface area contributed by atoms with Crippen LogP contribution in [-0.4, -0.2) is 60.0 Å². The largest absolute Gasteiger partial charge is 0.493 e. The maximum Gasteiger partial charge on any atom is 0.161 e. The Labute approximate surface area is 151 Å². The number of ether oxygens (including phenoxy) is 3. The van der Waals surface area contributed by atoms with E-state index in [0.717, 1.165) is 5.52 Å². The summed E-state index contributed by atoms with van der Waals surface area (Å²) >= 11 is 0. The minimum atomic E-state index is -0.650. The number of benzene rings is 2. The van der Waals surface area contributed by atoms with Crippen LogP contribution >= 0.6 is 0 Å². The molecule has 1 atom stereocenters. The smallest absolute Gasteiger partial charge is 0.161 e. The highest BCUT2D eigenvalue weighted by atomic mass is 16.5. The van der Waals surface area contributed by atoms with Crippen molar-refractivity contribution in [1.82, 2.24) is 20.7 Å². The van der Waals surface area contributed by atoms with E-state index in [9.17, 15) is 5.11 Å². The zero-order valence-corrected chi connectivity index (χ0v) is 14.5. The molecule has 8 nitrogen and oxygen atoms in total. The number of aliphatic hydroxyl groups excluding tert-OH is 1. The molecule has 0 bridgehead atoms. The molecule has 26 heavy (non-hydrogen) atoms. The summed E-state index contributed by atoms with van der Waals surface area (Å²) in [7, 11) is 1.61. The molecule has 0 spiro atoms. The lowest BCUT2D eigenvalue weighted by Crippen LogP contribution is -2.33. The molecule has 0 amide bonds. The van der Waals surface area contributed by atoms with Crippen LogP contribution < -0.4 is 19.5 Å². The van der Waals surface area contributed by atoms with Gasteiger partial charge in [0.25, 0.3) is 0 Å². The van der Waals surface area contributed by atoms with E-state index in [0.29, 0.717) is 42.5 Å². The normalized spacial score (nSPS) is 12.1. The van der Waals surface area contributed by atoms with Gasteiger partial charge in [0.15, 0.2) is 17.0 Å². The van der Waals surface area contributed by atoms with Gasteiger partial charge in [0.05, 0.1) is 12.6 Å². The molecule has 3 aromatic rings. The maximum absolute atomic E-state index is 10.0. The zero-order valence-electron chi connectivity index (χ0n) is 14.5. The second-order valence-corrected chi connectivity index (χ2v) is 5.63. The highest BCUT2D eigenvalue weighted by molar-refractivity contribution is 5.80. The Morgan fingerprint density at radius 2 is 1.88 bits per heavy atom. The summed E-state index contributed by atoms with van der Waals surface area (Å²) in [6, 6.07) is 13.0. The van der Waals surface area contributed by atoms with Crippen LogP contribution in [0, 0.1) is 0 Å². The maximum atomic E-state index is 10.0. The molecule has 0 radical (unpaired) electrons. The molecule has 0 aliphatic rings. The number of aromatic nitrogens is 3. The van der Waals surface area contributed by atoms with Crippen molar-refractivity contribution in [2.24, 2.45) is 0 Å². The first-order chi connectivity index (χ1) is 12.8. The Bertz CT molecular complexity index is 824. The molecule has 0 saturated carbocycles. The second kappa shape index (κ2) is 9.02. The number of nitrogens with zero attached hydrogens (tertiary/aromatic N) is 2. The van der Waals surface area contributed by atoms with Crippen LogP contribution in [0.25, 0.3) is 11.0 Å². The van der Waals surface area contributed by atoms with E-state index in [1.165, 1.54) is 0 Å². The van der Waals surface area contributed by atoms with Crippen LogP contribution in [0.3, 0.4) is 0 Å². The number of hydrogen-bond acceptors (Lipinski definition) is 7. The van der Waals surface area contributed by atoms with E-state index < -0.39 is 6.10 Å². The van der Waals surface area contributed by atoms with Gasteiger partial charge in [0.2, 0.25) is 0 Å². The highest BCUT2D eigenvalue weighted by Gasteiger charge is 2.09. The quantitative estimate of drug-likeness (QED) is 0.471. The van der Waals surface area contributed by atoms with Gasteiger partial charge in [0.1, 0.15) is 25.1 Å². The number of rotatable bonds is 10. The second-order valence-electron chi connectivity index (χ2n) is 5.63. The molecule has 0 saturated heterocycles. The Balaban J connectivity index is 1.35. The summed E-state index contributed by atoms with van der Waals surface area (Å²) in [5, 5.41) is 23.7. The van der Waals surface area contributed by atoms with Crippen molar-refractivity contribution in [3.05, 3.63) is 42.5 Å². The molecule has 0 fully saturated rings. The average Bonchev–Trinajstić information content (AvgIpc) is 3.15. The lowest BCUT2D eigenvalue weighted by molar-refractivity contribution is 0.106. The fourth-order valence-electron chi connectivity index (χ4n) is 2.45. The van der Waals surface area contributed by atoms with Crippen LogP contribution in [0.4, 0.5) is 0 Å². The Morgan fingerprint density at radius 1 is 1.08 bits per heavy atom. The molecule has 2 aromatic carbocycles. The number of aromatic amines is 1. The minimum absolute atomic E-state index is 0.159. The SMILES string of the molecule is COc1ccccc1OCCNC[C@@H](O)COc1cccc2[nH]nnc12. The Hall–Kier alpha value is -2.84. The van der Waals surface area contributed by atoms with Gasteiger partial charge in [-0.3, -0.25) is 5.10 Å². The summed E-state index contributed by atoms with van der Waals surface area (Å²) in [5.41, 5.74) is 1.45. The minimum Gasteiger partial charge on any atom is -0.493 e. The Kier molecular flexibility index (Phi) is 6.24. The summed E-state index contributed by atoms with van der Waals surface area (Å²) < 4.78 is 16.5. The van der Waals surface area contributed by atoms with Gasteiger partial charge >= 0.3 is 0 Å². The van der Waals surface area contributed by atoms with Crippen molar-refractivity contribution >= 4 is 11.0 Å². The van der Waals surface area contributed by atoms with Crippen LogP contribution in [0.2, 0.25) is 0 Å². The van der Waals surface area contributed by atoms with E-state index in [-0.39, 0.29) is 6.61 Å². The van der Waals surface area contributed by atoms with Crippen molar-refractivity contribution in [1.29, 1.82) is 0 Å². The number of methoxy groups -OCH3 is 1. The van der Waals surface area contributed by atoms with Gasteiger partial charge in [-0.05, 0) is 24.3 Å². The molecule has 3 N–H and O–H groups in total. The number of nitrogens with one attached hydrogen (secondary N) is 2. The first-order valence-electron chi connectivity index (χ1n) is 8.35. The lowest BCUT2D eigenvalue weighted by atomic mass is 10.3. The highest BCUT2D eigenvalue weighted by Crippen LogP contribution is 2.25. The van der Waals surface area contributed by atoms with E-state index >= 15 is 0 Å². The first kappa shape index (κ1) is 18.0. The number of aliphatic hydroxyl groups is 1. The van der Waals surface area contributed by atoms with Crippen LogP contribution in [0.1, 0.15) is 0 Å². The van der Waals surface area contributed by atoms with Crippen LogP contribution in [0.5, 0.6) is 17.2 Å². The molecule has 0 unspecified atom stereocenters. The molecule has 138 valence electrons. The molecule has 1 heterocycles. The summed E-state index contributed by atoms with van der Waals surface area (Å²) in [5.74, 6) is 1.99. The molecule has 3 rings (SSSR count). The predicted molar refractivity (Wildman–Crippen MR) is 96.7 cm³/mol. The fraction of sp³-hybridized carbons (Fsp3) is 0.333. The van der Waals surface area contributed by atoms with E-state index in [4.69, 9.17) is 14.2 Å². The van der Waals surface area contributed by atoms with Gasteiger partial charge in [-0.25, -0.2) is 0 Å². The standard InChI is InChI=1S/C18H22N4O4/c1-24-15-6-2-3-7-16(15)25-10-9-19-11-13(23)12-26-17-8-4-5-14-18(17)21-22-20-14/h2-8,13,19,23H,9-12H2,1H3,(H,20,21,22)/t13-/m1/s1. The first-order valence-corrected chi connectivity index (χ1v) is 8.35. The lowest BCUT2D eigenvalue weighted by Gasteiger charge is -2.14. The number of fused-ring (bicyclic) bond motifs is 1. The van der Waals surface area contributed by atoms with Gasteiger partial charge < -0.3 is 24.6 Å². The Morgan fingerprint density at radius 3 is 2.73 bits per heavy atom. The van der Waals surface area contributed by atoms with Crippen molar-refractivity contribution < 1.29 is 19.3 Å². The zero-order chi connectivity index (χ0) is 18.2. The summed E-state index contributed by atoms with van der Waals surface area (Å²) in [4.78, 5) is 0. The van der Waals surface area contributed by atoms with E-state index in [1.807, 2.05) is 36.4 Å². The fourth-order valence-corrected chi connectivity index (χ4v) is 2.45. The van der Waals surface area contributed by atoms with Gasteiger partial charge in [0, 0.05) is 13.1 Å². The van der Waals surface area contributed by atoms with Gasteiger partial charge in [-0.2, -0.15) is 0 Å².